The number of anilines is 1. The number of methoxy groups -OCH3 is 1. The predicted molar refractivity (Wildman–Crippen MR) is 86.6 cm³/mol. The lowest BCUT2D eigenvalue weighted by Gasteiger charge is -2.21. The molecule has 0 spiro atoms. The van der Waals surface area contributed by atoms with E-state index in [4.69, 9.17) is 16.3 Å². The molecular weight excluding hydrogens is 304 g/mol. The van der Waals surface area contributed by atoms with Crippen LogP contribution in [0, 0.1) is 0 Å². The molecule has 6 nitrogen and oxygen atoms in total. The molecule has 0 saturated carbocycles. The van der Waals surface area contributed by atoms with Crippen LogP contribution in [0.15, 0.2) is 29.3 Å². The van der Waals surface area contributed by atoms with Crippen molar-refractivity contribution in [1.29, 1.82) is 0 Å². The van der Waals surface area contributed by atoms with Crippen molar-refractivity contribution in [1.82, 2.24) is 14.8 Å². The van der Waals surface area contributed by atoms with Gasteiger partial charge < -0.3 is 10.1 Å². The van der Waals surface area contributed by atoms with Crippen molar-refractivity contribution in [2.75, 3.05) is 12.4 Å². The van der Waals surface area contributed by atoms with Crippen LogP contribution in [0.25, 0.3) is 0 Å². The Kier molecular flexibility index (Phi) is 4.71. The Morgan fingerprint density at radius 2 is 2.14 bits per heavy atom. The molecule has 22 heavy (non-hydrogen) atoms. The highest BCUT2D eigenvalue weighted by Gasteiger charge is 2.19. The molecule has 2 heterocycles. The molecule has 118 valence electrons. The number of nitrogens with zero attached hydrogens (tertiary/aromatic N) is 3. The van der Waals surface area contributed by atoms with Gasteiger partial charge in [0.05, 0.1) is 24.5 Å². The van der Waals surface area contributed by atoms with E-state index >= 15 is 0 Å². The van der Waals surface area contributed by atoms with Gasteiger partial charge in [0.15, 0.2) is 0 Å². The van der Waals surface area contributed by atoms with Crippen molar-refractivity contribution >= 4 is 17.3 Å². The van der Waals surface area contributed by atoms with Crippen LogP contribution in [0.5, 0.6) is 5.88 Å². The van der Waals surface area contributed by atoms with Crippen molar-refractivity contribution < 1.29 is 4.74 Å². The van der Waals surface area contributed by atoms with Crippen LogP contribution in [0.3, 0.4) is 0 Å². The predicted octanol–water partition coefficient (Wildman–Crippen LogP) is 2.67. The van der Waals surface area contributed by atoms with Crippen molar-refractivity contribution in [3.8, 4) is 5.88 Å². The summed E-state index contributed by atoms with van der Waals surface area (Å²) >= 11 is 6.16. The summed E-state index contributed by atoms with van der Waals surface area (Å²) in [6, 6.07) is 3.70. The Morgan fingerprint density at radius 3 is 2.77 bits per heavy atom. The molecular formula is C15H19ClN4O2. The van der Waals surface area contributed by atoms with E-state index in [-0.39, 0.29) is 10.6 Å². The number of rotatable bonds is 4. The van der Waals surface area contributed by atoms with E-state index in [1.165, 1.54) is 4.68 Å². The topological polar surface area (TPSA) is 69.0 Å². The minimum absolute atomic E-state index is 0.118. The highest BCUT2D eigenvalue weighted by molar-refractivity contribution is 6.32. The number of aromatic nitrogens is 3. The van der Waals surface area contributed by atoms with Gasteiger partial charge in [0.1, 0.15) is 5.02 Å². The summed E-state index contributed by atoms with van der Waals surface area (Å²) in [6.07, 6.45) is 3.21. The number of hydrogen-bond acceptors (Lipinski definition) is 5. The zero-order valence-electron chi connectivity index (χ0n) is 13.1. The number of nitrogens with one attached hydrogen (secondary N) is 1. The summed E-state index contributed by atoms with van der Waals surface area (Å²) in [5.74, 6) is 0.530. The maximum Gasteiger partial charge on any atom is 0.288 e. The molecule has 1 N–H and O–H groups in total. The first-order valence-corrected chi connectivity index (χ1v) is 7.22. The van der Waals surface area contributed by atoms with Gasteiger partial charge in [0, 0.05) is 18.3 Å². The molecule has 2 aromatic rings. The van der Waals surface area contributed by atoms with Crippen LogP contribution >= 0.6 is 11.6 Å². The van der Waals surface area contributed by atoms with Gasteiger partial charge in [-0.25, -0.2) is 9.67 Å². The fraction of sp³-hybridized carbons (Fsp3) is 0.400. The second kappa shape index (κ2) is 6.36. The minimum atomic E-state index is -0.425. The van der Waals surface area contributed by atoms with E-state index in [9.17, 15) is 4.79 Å². The summed E-state index contributed by atoms with van der Waals surface area (Å²) in [4.78, 5) is 16.4. The second-order valence-corrected chi connectivity index (χ2v) is 6.16. The van der Waals surface area contributed by atoms with Gasteiger partial charge in [0.2, 0.25) is 5.88 Å². The minimum Gasteiger partial charge on any atom is -0.481 e. The van der Waals surface area contributed by atoms with Crippen LogP contribution in [-0.4, -0.2) is 21.9 Å². The number of ether oxygens (including phenoxy) is 1. The fourth-order valence-corrected chi connectivity index (χ4v) is 2.16. The molecule has 0 aliphatic rings. The highest BCUT2D eigenvalue weighted by atomic mass is 35.5. The van der Waals surface area contributed by atoms with Crippen LogP contribution in [0.1, 0.15) is 26.3 Å². The molecule has 0 amide bonds. The molecule has 7 heteroatoms. The van der Waals surface area contributed by atoms with Gasteiger partial charge in [-0.05, 0) is 26.8 Å². The molecule has 2 aromatic heterocycles. The summed E-state index contributed by atoms with van der Waals surface area (Å²) < 4.78 is 6.55. The molecule has 0 unspecified atom stereocenters. The van der Waals surface area contributed by atoms with Crippen molar-refractivity contribution in [3.63, 3.8) is 0 Å². The summed E-state index contributed by atoms with van der Waals surface area (Å²) in [5, 5.41) is 7.39. The Labute approximate surface area is 134 Å². The standard InChI is InChI=1S/C15H19ClN4O2/c1-15(2,3)20-14(21)12(16)11(9-19-20)18-8-10-6-5-7-17-13(10)22-4/h5-7,9,18H,8H2,1-4H3. The van der Waals surface area contributed by atoms with Gasteiger partial charge in [-0.1, -0.05) is 17.7 Å². The molecule has 0 atom stereocenters. The molecule has 0 aromatic carbocycles. The van der Waals surface area contributed by atoms with Crippen LogP contribution in [0.4, 0.5) is 5.69 Å². The zero-order chi connectivity index (χ0) is 16.3. The van der Waals surface area contributed by atoms with E-state index in [0.717, 1.165) is 5.56 Å². The third-order valence-corrected chi connectivity index (χ3v) is 3.43. The maximum atomic E-state index is 12.3. The second-order valence-electron chi connectivity index (χ2n) is 5.79. The van der Waals surface area contributed by atoms with Gasteiger partial charge in [0.25, 0.3) is 5.56 Å². The quantitative estimate of drug-likeness (QED) is 0.937. The van der Waals surface area contributed by atoms with Crippen molar-refractivity contribution in [3.05, 3.63) is 45.5 Å². The third kappa shape index (κ3) is 3.39. The van der Waals surface area contributed by atoms with Crippen LogP contribution in [-0.2, 0) is 12.1 Å². The smallest absolute Gasteiger partial charge is 0.288 e. The largest absolute Gasteiger partial charge is 0.481 e. The Hall–Kier alpha value is -2.08. The number of hydrogen-bond donors (Lipinski definition) is 1. The van der Waals surface area contributed by atoms with Crippen LogP contribution < -0.4 is 15.6 Å². The third-order valence-electron chi connectivity index (χ3n) is 3.07. The fourth-order valence-electron chi connectivity index (χ4n) is 1.97. The summed E-state index contributed by atoms with van der Waals surface area (Å²) in [7, 11) is 1.56. The first-order valence-electron chi connectivity index (χ1n) is 6.84. The van der Waals surface area contributed by atoms with Gasteiger partial charge in [-0.2, -0.15) is 5.10 Å². The lowest BCUT2D eigenvalue weighted by atomic mass is 10.1. The van der Waals surface area contributed by atoms with E-state index in [1.54, 1.807) is 19.5 Å². The molecule has 0 radical (unpaired) electrons. The average molecular weight is 323 g/mol. The maximum absolute atomic E-state index is 12.3. The molecule has 0 bridgehead atoms. The van der Waals surface area contributed by atoms with Gasteiger partial charge in [-0.3, -0.25) is 4.79 Å². The Balaban J connectivity index is 2.25. The molecule has 0 saturated heterocycles. The van der Waals surface area contributed by atoms with Crippen molar-refractivity contribution in [2.45, 2.75) is 32.9 Å². The average Bonchev–Trinajstić information content (AvgIpc) is 2.47. The molecule has 0 aliphatic heterocycles. The van der Waals surface area contributed by atoms with Gasteiger partial charge in [-0.15, -0.1) is 0 Å². The normalized spacial score (nSPS) is 11.3. The highest BCUT2D eigenvalue weighted by Crippen LogP contribution is 2.21. The van der Waals surface area contributed by atoms with Gasteiger partial charge >= 0.3 is 0 Å². The van der Waals surface area contributed by atoms with Crippen molar-refractivity contribution in [2.24, 2.45) is 0 Å². The Morgan fingerprint density at radius 1 is 1.41 bits per heavy atom. The lowest BCUT2D eigenvalue weighted by Crippen LogP contribution is -2.36. The monoisotopic (exact) mass is 322 g/mol. The first kappa shape index (κ1) is 16.3. The number of pyridine rings is 1. The SMILES string of the molecule is COc1ncccc1CNc1cnn(C(C)(C)C)c(=O)c1Cl. The molecule has 0 aliphatic carbocycles. The first-order chi connectivity index (χ1) is 10.3. The summed E-state index contributed by atoms with van der Waals surface area (Å²) in [5.41, 5.74) is 0.600. The van der Waals surface area contributed by atoms with E-state index < -0.39 is 5.54 Å². The molecule has 0 fully saturated rings. The lowest BCUT2D eigenvalue weighted by molar-refractivity contribution is 0.338. The van der Waals surface area contributed by atoms with Crippen LogP contribution in [0.2, 0.25) is 5.02 Å². The van der Waals surface area contributed by atoms with E-state index in [2.05, 4.69) is 15.4 Å². The zero-order valence-corrected chi connectivity index (χ0v) is 13.8. The number of halogens is 1. The summed E-state index contributed by atoms with van der Waals surface area (Å²) in [6.45, 7) is 6.11. The Bertz CT molecular complexity index is 722. The van der Waals surface area contributed by atoms with E-state index in [0.29, 0.717) is 18.1 Å². The van der Waals surface area contributed by atoms with E-state index in [1.807, 2.05) is 32.9 Å². The molecule has 2 rings (SSSR count).